The van der Waals surface area contributed by atoms with Crippen molar-refractivity contribution in [3.63, 3.8) is 0 Å². The molecule has 0 saturated carbocycles. The molecule has 1 aromatic carbocycles. The first-order valence-electron chi connectivity index (χ1n) is 9.39. The van der Waals surface area contributed by atoms with Crippen LogP contribution in [0.2, 0.25) is 10.0 Å². The maximum atomic E-state index is 12.1. The van der Waals surface area contributed by atoms with E-state index in [1.54, 1.807) is 18.2 Å². The van der Waals surface area contributed by atoms with E-state index in [2.05, 4.69) is 19.2 Å². The number of hydrogen-bond donors (Lipinski definition) is 1. The summed E-state index contributed by atoms with van der Waals surface area (Å²) in [5.41, 5.74) is 0.331. The summed E-state index contributed by atoms with van der Waals surface area (Å²) in [6.07, 6.45) is 6.24. The van der Waals surface area contributed by atoms with Gasteiger partial charge in [0.2, 0.25) is 15.9 Å². The molecular weight excluding hydrogens is 407 g/mol. The van der Waals surface area contributed by atoms with Crippen LogP contribution >= 0.6 is 23.2 Å². The second-order valence-electron chi connectivity index (χ2n) is 6.73. The Balaban J connectivity index is 2.60. The second kappa shape index (κ2) is 11.8. The number of halogens is 2. The van der Waals surface area contributed by atoms with E-state index in [1.165, 1.54) is 4.31 Å². The predicted octanol–water partition coefficient (Wildman–Crippen LogP) is 4.87. The van der Waals surface area contributed by atoms with E-state index in [4.69, 9.17) is 23.2 Å². The van der Waals surface area contributed by atoms with Crippen LogP contribution in [0.15, 0.2) is 18.2 Å². The number of anilines is 1. The Labute approximate surface area is 173 Å². The minimum Gasteiger partial charge on any atom is -0.356 e. The van der Waals surface area contributed by atoms with Crippen LogP contribution in [-0.2, 0) is 14.8 Å². The zero-order valence-corrected chi connectivity index (χ0v) is 18.6. The molecular formula is C19H30Cl2N2O3S. The Morgan fingerprint density at radius 3 is 2.52 bits per heavy atom. The molecule has 0 aliphatic heterocycles. The predicted molar refractivity (Wildman–Crippen MR) is 114 cm³/mol. The Morgan fingerprint density at radius 2 is 1.93 bits per heavy atom. The van der Waals surface area contributed by atoms with Gasteiger partial charge in [-0.3, -0.25) is 9.10 Å². The van der Waals surface area contributed by atoms with Crippen LogP contribution < -0.4 is 9.62 Å². The summed E-state index contributed by atoms with van der Waals surface area (Å²) >= 11 is 12.2. The summed E-state index contributed by atoms with van der Waals surface area (Å²) in [6, 6.07) is 4.86. The minimum absolute atomic E-state index is 0.0596. The Hall–Kier alpha value is -0.980. The molecule has 27 heavy (non-hydrogen) atoms. The Morgan fingerprint density at radius 1 is 1.22 bits per heavy atom. The smallest absolute Gasteiger partial charge is 0.232 e. The van der Waals surface area contributed by atoms with Crippen molar-refractivity contribution >= 4 is 44.8 Å². The molecule has 0 spiro atoms. The number of nitrogens with one attached hydrogen (secondary N) is 1. The lowest BCUT2D eigenvalue weighted by Gasteiger charge is -2.23. The van der Waals surface area contributed by atoms with Crippen molar-refractivity contribution in [1.29, 1.82) is 0 Å². The van der Waals surface area contributed by atoms with Gasteiger partial charge in [0.05, 0.1) is 22.0 Å². The number of benzene rings is 1. The highest BCUT2D eigenvalue weighted by Gasteiger charge is 2.21. The molecule has 1 rings (SSSR count). The average molecular weight is 437 g/mol. The number of rotatable bonds is 12. The Bertz CT molecular complexity index is 711. The molecule has 0 radical (unpaired) electrons. The third kappa shape index (κ3) is 8.28. The van der Waals surface area contributed by atoms with E-state index in [1.807, 2.05) is 0 Å². The van der Waals surface area contributed by atoms with Crippen LogP contribution in [0, 0.1) is 5.92 Å². The molecule has 1 N–H and O–H groups in total. The molecule has 8 heteroatoms. The summed E-state index contributed by atoms with van der Waals surface area (Å²) in [4.78, 5) is 12.1. The number of carbonyl (C=O) groups excluding carboxylic acids is 1. The SMILES string of the molecule is CCCCC(CC)CNC(=O)CCCN(c1cccc(Cl)c1Cl)S(C)(=O)=O. The highest BCUT2D eigenvalue weighted by Crippen LogP contribution is 2.33. The fraction of sp³-hybridized carbons (Fsp3) is 0.632. The molecule has 0 aromatic heterocycles. The average Bonchev–Trinajstić information content (AvgIpc) is 2.61. The first-order chi connectivity index (χ1) is 12.7. The number of nitrogens with zero attached hydrogens (tertiary/aromatic N) is 1. The van der Waals surface area contributed by atoms with Crippen molar-refractivity contribution < 1.29 is 13.2 Å². The molecule has 0 aliphatic carbocycles. The molecule has 154 valence electrons. The maximum absolute atomic E-state index is 12.1. The molecule has 1 aromatic rings. The summed E-state index contributed by atoms with van der Waals surface area (Å²) in [5, 5.41) is 3.44. The number of unbranched alkanes of at least 4 members (excludes halogenated alkanes) is 1. The summed E-state index contributed by atoms with van der Waals surface area (Å²) in [7, 11) is -3.54. The molecule has 0 saturated heterocycles. The van der Waals surface area contributed by atoms with Crippen molar-refractivity contribution in [1.82, 2.24) is 5.32 Å². The molecule has 1 unspecified atom stereocenters. The monoisotopic (exact) mass is 436 g/mol. The van der Waals surface area contributed by atoms with E-state index in [0.717, 1.165) is 31.9 Å². The maximum Gasteiger partial charge on any atom is 0.232 e. The second-order valence-corrected chi connectivity index (χ2v) is 9.42. The van der Waals surface area contributed by atoms with Gasteiger partial charge < -0.3 is 5.32 Å². The van der Waals surface area contributed by atoms with Gasteiger partial charge in [0.1, 0.15) is 0 Å². The summed E-state index contributed by atoms with van der Waals surface area (Å²) in [5.74, 6) is 0.433. The van der Waals surface area contributed by atoms with Crippen LogP contribution in [-0.4, -0.2) is 33.7 Å². The molecule has 1 amide bonds. The van der Waals surface area contributed by atoms with Gasteiger partial charge >= 0.3 is 0 Å². The molecule has 0 bridgehead atoms. The molecule has 0 aliphatic rings. The van der Waals surface area contributed by atoms with Gasteiger partial charge in [-0.05, 0) is 30.9 Å². The normalized spacial score (nSPS) is 12.6. The van der Waals surface area contributed by atoms with Crippen LogP contribution in [0.25, 0.3) is 0 Å². The summed E-state index contributed by atoms with van der Waals surface area (Å²) < 4.78 is 25.5. The standard InChI is InChI=1S/C19H30Cl2N2O3S/c1-4-6-9-15(5-2)14-22-18(24)12-8-13-23(27(3,25)26)17-11-7-10-16(20)19(17)21/h7,10-11,15H,4-6,8-9,12-14H2,1-3H3,(H,22,24). The largest absolute Gasteiger partial charge is 0.356 e. The zero-order chi connectivity index (χ0) is 20.4. The minimum atomic E-state index is -3.54. The number of hydrogen-bond acceptors (Lipinski definition) is 3. The third-order valence-electron chi connectivity index (χ3n) is 4.50. The van der Waals surface area contributed by atoms with E-state index < -0.39 is 10.0 Å². The topological polar surface area (TPSA) is 66.5 Å². The van der Waals surface area contributed by atoms with Crippen molar-refractivity contribution in [2.24, 2.45) is 5.92 Å². The fourth-order valence-corrected chi connectivity index (χ4v) is 4.24. The van der Waals surface area contributed by atoms with Crippen molar-refractivity contribution in [2.75, 3.05) is 23.7 Å². The van der Waals surface area contributed by atoms with E-state index in [9.17, 15) is 13.2 Å². The highest BCUT2D eigenvalue weighted by molar-refractivity contribution is 7.92. The lowest BCUT2D eigenvalue weighted by atomic mass is 9.99. The fourth-order valence-electron chi connectivity index (χ4n) is 2.82. The van der Waals surface area contributed by atoms with Gasteiger partial charge in [0.15, 0.2) is 0 Å². The molecule has 0 heterocycles. The Kier molecular flexibility index (Phi) is 10.5. The van der Waals surface area contributed by atoms with Crippen LogP contribution in [0.5, 0.6) is 0 Å². The number of carbonyl (C=O) groups is 1. The number of sulfonamides is 1. The molecule has 5 nitrogen and oxygen atoms in total. The molecule has 1 atom stereocenters. The van der Waals surface area contributed by atoms with Crippen LogP contribution in [0.3, 0.4) is 0 Å². The van der Waals surface area contributed by atoms with E-state index in [0.29, 0.717) is 29.6 Å². The van der Waals surface area contributed by atoms with E-state index >= 15 is 0 Å². The van der Waals surface area contributed by atoms with Crippen molar-refractivity contribution in [3.8, 4) is 0 Å². The highest BCUT2D eigenvalue weighted by atomic mass is 35.5. The first-order valence-corrected chi connectivity index (χ1v) is 12.0. The van der Waals surface area contributed by atoms with Crippen molar-refractivity contribution in [2.45, 2.75) is 52.4 Å². The van der Waals surface area contributed by atoms with Gasteiger partial charge in [-0.2, -0.15) is 0 Å². The van der Waals surface area contributed by atoms with Crippen molar-refractivity contribution in [3.05, 3.63) is 28.2 Å². The third-order valence-corrected chi connectivity index (χ3v) is 6.49. The first kappa shape index (κ1) is 24.1. The van der Waals surface area contributed by atoms with Crippen LogP contribution in [0.4, 0.5) is 5.69 Å². The zero-order valence-electron chi connectivity index (χ0n) is 16.3. The van der Waals surface area contributed by atoms with Gasteiger partial charge in [0, 0.05) is 19.5 Å². The van der Waals surface area contributed by atoms with E-state index in [-0.39, 0.29) is 23.9 Å². The number of amides is 1. The van der Waals surface area contributed by atoms with Gasteiger partial charge in [-0.1, -0.05) is 62.4 Å². The molecule has 0 fully saturated rings. The van der Waals surface area contributed by atoms with Gasteiger partial charge in [-0.15, -0.1) is 0 Å². The lowest BCUT2D eigenvalue weighted by molar-refractivity contribution is -0.121. The lowest BCUT2D eigenvalue weighted by Crippen LogP contribution is -2.33. The van der Waals surface area contributed by atoms with Crippen LogP contribution in [0.1, 0.15) is 52.4 Å². The quantitative estimate of drug-likeness (QED) is 0.507. The van der Waals surface area contributed by atoms with Gasteiger partial charge in [0.25, 0.3) is 0 Å². The van der Waals surface area contributed by atoms with Gasteiger partial charge in [-0.25, -0.2) is 8.42 Å². The summed E-state index contributed by atoms with van der Waals surface area (Å²) in [6.45, 7) is 5.13.